The first kappa shape index (κ1) is 13.7. The van der Waals surface area contributed by atoms with Gasteiger partial charge in [-0.2, -0.15) is 4.98 Å². The topological polar surface area (TPSA) is 77.3 Å². The Morgan fingerprint density at radius 2 is 2.10 bits per heavy atom. The number of ether oxygens (including phenoxy) is 1. The summed E-state index contributed by atoms with van der Waals surface area (Å²) in [5.74, 6) is -0.583. The van der Waals surface area contributed by atoms with Gasteiger partial charge in [0.2, 0.25) is 0 Å². The normalized spacial score (nSPS) is 10.2. The van der Waals surface area contributed by atoms with Gasteiger partial charge in [-0.3, -0.25) is 10.1 Å². The molecule has 1 N–H and O–H groups in total. The molecular weight excluding hydrogens is 265 g/mol. The summed E-state index contributed by atoms with van der Waals surface area (Å²) in [4.78, 5) is 14.2. The molecule has 0 atom stereocenters. The van der Waals surface area contributed by atoms with E-state index in [4.69, 9.17) is 4.74 Å². The average Bonchev–Trinajstić information content (AvgIpc) is 2.42. The van der Waals surface area contributed by atoms with E-state index in [2.05, 4.69) is 10.3 Å². The smallest absolute Gasteiger partial charge is 0.331 e. The highest BCUT2D eigenvalue weighted by Crippen LogP contribution is 2.32. The predicted molar refractivity (Wildman–Crippen MR) is 71.6 cm³/mol. The fourth-order valence-corrected chi connectivity index (χ4v) is 1.58. The summed E-state index contributed by atoms with van der Waals surface area (Å²) in [7, 11) is 1.62. The summed E-state index contributed by atoms with van der Waals surface area (Å²) < 4.78 is 18.9. The van der Waals surface area contributed by atoms with Crippen LogP contribution in [0.15, 0.2) is 30.3 Å². The van der Waals surface area contributed by atoms with Crippen LogP contribution in [0.1, 0.15) is 5.56 Å². The number of benzene rings is 1. The number of pyridine rings is 1. The average molecular weight is 277 g/mol. The van der Waals surface area contributed by atoms with Gasteiger partial charge in [-0.1, -0.05) is 6.07 Å². The number of aromatic nitrogens is 1. The maximum absolute atomic E-state index is 13.6. The van der Waals surface area contributed by atoms with Crippen LogP contribution < -0.4 is 10.1 Å². The van der Waals surface area contributed by atoms with E-state index in [-0.39, 0.29) is 17.3 Å². The lowest BCUT2D eigenvalue weighted by Crippen LogP contribution is -2.00. The lowest BCUT2D eigenvalue weighted by atomic mass is 10.2. The molecule has 20 heavy (non-hydrogen) atoms. The minimum absolute atomic E-state index is 0.103. The largest absolute Gasteiger partial charge is 0.430 e. The Morgan fingerprint density at radius 1 is 1.35 bits per heavy atom. The zero-order valence-electron chi connectivity index (χ0n) is 10.9. The van der Waals surface area contributed by atoms with E-state index < -0.39 is 10.7 Å². The van der Waals surface area contributed by atoms with Gasteiger partial charge in [0.05, 0.1) is 4.92 Å². The highest BCUT2D eigenvalue weighted by molar-refractivity contribution is 5.50. The lowest BCUT2D eigenvalue weighted by Gasteiger charge is -2.08. The molecule has 104 valence electrons. The van der Waals surface area contributed by atoms with Crippen molar-refractivity contribution in [1.82, 2.24) is 4.98 Å². The molecule has 0 fully saturated rings. The standard InChI is InChI=1S/C13H12FN3O3/c1-8-3-4-9(14)11(7-8)20-13-10(17(18)19)5-6-12(15-2)16-13/h3-7H,1-2H3,(H,15,16). The second-order valence-corrected chi connectivity index (χ2v) is 4.06. The van der Waals surface area contributed by atoms with Crippen molar-refractivity contribution in [3.63, 3.8) is 0 Å². The zero-order valence-corrected chi connectivity index (χ0v) is 10.9. The van der Waals surface area contributed by atoms with Crippen molar-refractivity contribution in [3.8, 4) is 11.6 Å². The van der Waals surface area contributed by atoms with E-state index >= 15 is 0 Å². The Morgan fingerprint density at radius 3 is 2.75 bits per heavy atom. The third-order valence-electron chi connectivity index (χ3n) is 2.59. The maximum Gasteiger partial charge on any atom is 0.331 e. The molecule has 0 aliphatic carbocycles. The Hall–Kier alpha value is -2.70. The van der Waals surface area contributed by atoms with Crippen LogP contribution in [0, 0.1) is 22.9 Å². The second kappa shape index (κ2) is 5.52. The second-order valence-electron chi connectivity index (χ2n) is 4.06. The molecule has 0 bridgehead atoms. The Labute approximate surface area is 114 Å². The minimum atomic E-state index is -0.629. The number of rotatable bonds is 4. The maximum atomic E-state index is 13.6. The molecule has 0 amide bonds. The van der Waals surface area contributed by atoms with Crippen molar-refractivity contribution >= 4 is 11.5 Å². The molecular formula is C13H12FN3O3. The van der Waals surface area contributed by atoms with Gasteiger partial charge in [-0.15, -0.1) is 0 Å². The molecule has 0 saturated heterocycles. The Bertz CT molecular complexity index is 661. The number of nitro groups is 1. The molecule has 7 heteroatoms. The van der Waals surface area contributed by atoms with Crippen LogP contribution in [-0.4, -0.2) is 17.0 Å². The van der Waals surface area contributed by atoms with E-state index in [0.29, 0.717) is 5.82 Å². The molecule has 1 heterocycles. The van der Waals surface area contributed by atoms with Crippen LogP contribution in [-0.2, 0) is 0 Å². The first-order valence-corrected chi connectivity index (χ1v) is 5.78. The first-order chi connectivity index (χ1) is 9.51. The molecule has 0 aliphatic rings. The summed E-state index contributed by atoms with van der Waals surface area (Å²) in [6.07, 6.45) is 0. The summed E-state index contributed by atoms with van der Waals surface area (Å²) in [6.45, 7) is 1.76. The summed E-state index contributed by atoms with van der Waals surface area (Å²) in [5.41, 5.74) is 0.443. The van der Waals surface area contributed by atoms with Gasteiger partial charge in [0.15, 0.2) is 11.6 Å². The number of hydrogen-bond donors (Lipinski definition) is 1. The van der Waals surface area contributed by atoms with Crippen molar-refractivity contribution < 1.29 is 14.1 Å². The summed E-state index contributed by atoms with van der Waals surface area (Å²) in [5, 5.41) is 13.7. The molecule has 0 unspecified atom stereocenters. The fraction of sp³-hybridized carbons (Fsp3) is 0.154. The molecule has 0 saturated carbocycles. The van der Waals surface area contributed by atoms with Gasteiger partial charge in [-0.05, 0) is 30.7 Å². The third-order valence-corrected chi connectivity index (χ3v) is 2.59. The van der Waals surface area contributed by atoms with Crippen molar-refractivity contribution in [2.24, 2.45) is 0 Å². The fourth-order valence-electron chi connectivity index (χ4n) is 1.58. The SMILES string of the molecule is CNc1ccc([N+](=O)[O-])c(Oc2cc(C)ccc2F)n1. The minimum Gasteiger partial charge on any atom is -0.430 e. The van der Waals surface area contributed by atoms with Crippen LogP contribution in [0.3, 0.4) is 0 Å². The lowest BCUT2D eigenvalue weighted by molar-refractivity contribution is -0.386. The van der Waals surface area contributed by atoms with Gasteiger partial charge in [0, 0.05) is 13.1 Å². The van der Waals surface area contributed by atoms with Gasteiger partial charge in [0.1, 0.15) is 5.82 Å². The predicted octanol–water partition coefficient (Wildman–Crippen LogP) is 3.27. The summed E-state index contributed by atoms with van der Waals surface area (Å²) in [6, 6.07) is 6.96. The molecule has 0 spiro atoms. The van der Waals surface area contributed by atoms with Crippen LogP contribution >= 0.6 is 0 Å². The van der Waals surface area contributed by atoms with Gasteiger partial charge < -0.3 is 10.1 Å². The molecule has 0 aliphatic heterocycles. The highest BCUT2D eigenvalue weighted by atomic mass is 19.1. The molecule has 0 radical (unpaired) electrons. The first-order valence-electron chi connectivity index (χ1n) is 5.78. The van der Waals surface area contributed by atoms with Gasteiger partial charge >= 0.3 is 11.6 Å². The molecule has 6 nitrogen and oxygen atoms in total. The number of nitrogens with zero attached hydrogens (tertiary/aromatic N) is 2. The molecule has 1 aromatic heterocycles. The van der Waals surface area contributed by atoms with Crippen molar-refractivity contribution in [1.29, 1.82) is 0 Å². The van der Waals surface area contributed by atoms with Crippen molar-refractivity contribution in [2.75, 3.05) is 12.4 Å². The van der Waals surface area contributed by atoms with Crippen LogP contribution in [0.25, 0.3) is 0 Å². The summed E-state index contributed by atoms with van der Waals surface area (Å²) >= 11 is 0. The van der Waals surface area contributed by atoms with E-state index in [1.54, 1.807) is 20.0 Å². The van der Waals surface area contributed by atoms with Crippen LogP contribution in [0.2, 0.25) is 0 Å². The van der Waals surface area contributed by atoms with E-state index in [9.17, 15) is 14.5 Å². The number of hydrogen-bond acceptors (Lipinski definition) is 5. The number of anilines is 1. The monoisotopic (exact) mass is 277 g/mol. The Kier molecular flexibility index (Phi) is 3.79. The van der Waals surface area contributed by atoms with Gasteiger partial charge in [-0.25, -0.2) is 4.39 Å². The Balaban J connectivity index is 2.45. The molecule has 2 rings (SSSR count). The number of halogens is 1. The van der Waals surface area contributed by atoms with E-state index in [0.717, 1.165) is 5.56 Å². The van der Waals surface area contributed by atoms with Crippen molar-refractivity contribution in [2.45, 2.75) is 6.92 Å². The highest BCUT2D eigenvalue weighted by Gasteiger charge is 2.19. The van der Waals surface area contributed by atoms with Crippen LogP contribution in [0.5, 0.6) is 11.6 Å². The number of nitrogens with one attached hydrogen (secondary N) is 1. The van der Waals surface area contributed by atoms with Crippen molar-refractivity contribution in [3.05, 3.63) is 51.8 Å². The van der Waals surface area contributed by atoms with Gasteiger partial charge in [0.25, 0.3) is 0 Å². The molecule has 2 aromatic rings. The zero-order chi connectivity index (χ0) is 14.7. The van der Waals surface area contributed by atoms with Crippen LogP contribution in [0.4, 0.5) is 15.9 Å². The third kappa shape index (κ3) is 2.82. The van der Waals surface area contributed by atoms with E-state index in [1.807, 2.05) is 0 Å². The van der Waals surface area contributed by atoms with E-state index in [1.165, 1.54) is 24.3 Å². The molecule has 1 aromatic carbocycles. The quantitative estimate of drug-likeness (QED) is 0.685. The number of aryl methyl sites for hydroxylation is 1.